The van der Waals surface area contributed by atoms with Crippen LogP contribution in [0, 0.1) is 5.92 Å². The van der Waals surface area contributed by atoms with Gasteiger partial charge in [0.1, 0.15) is 0 Å². The second-order valence-electron chi connectivity index (χ2n) is 5.18. The van der Waals surface area contributed by atoms with Crippen molar-refractivity contribution in [3.05, 3.63) is 28.8 Å². The van der Waals surface area contributed by atoms with E-state index in [4.69, 9.17) is 11.6 Å². The first-order chi connectivity index (χ1) is 9.53. The Morgan fingerprint density at radius 3 is 2.70 bits per heavy atom. The Morgan fingerprint density at radius 2 is 2.10 bits per heavy atom. The highest BCUT2D eigenvalue weighted by Crippen LogP contribution is 2.26. The fourth-order valence-corrected chi connectivity index (χ4v) is 3.47. The molecule has 112 valence electrons. The Kier molecular flexibility index (Phi) is 5.43. The van der Waals surface area contributed by atoms with Gasteiger partial charge < -0.3 is 5.32 Å². The van der Waals surface area contributed by atoms with E-state index in [-0.39, 0.29) is 4.90 Å². The smallest absolute Gasteiger partial charge is 0.240 e. The van der Waals surface area contributed by atoms with Crippen molar-refractivity contribution in [2.45, 2.75) is 37.6 Å². The third-order valence-corrected chi connectivity index (χ3v) is 5.47. The lowest BCUT2D eigenvalue weighted by Crippen LogP contribution is -2.32. The third kappa shape index (κ3) is 3.95. The van der Waals surface area contributed by atoms with E-state index in [1.165, 1.54) is 6.42 Å². The number of halogens is 1. The molecule has 0 atom stereocenters. The SMILES string of the molecule is CCNCc1cc(S(=O)(=O)NCC2CCC2)ccc1Cl. The molecule has 1 aliphatic rings. The predicted molar refractivity (Wildman–Crippen MR) is 81.4 cm³/mol. The highest BCUT2D eigenvalue weighted by Gasteiger charge is 2.21. The Hall–Kier alpha value is -0.620. The Labute approximate surface area is 126 Å². The molecular formula is C14H21ClN2O2S. The van der Waals surface area contributed by atoms with Crippen LogP contribution in [0.2, 0.25) is 5.02 Å². The molecule has 2 N–H and O–H groups in total. The normalized spacial score (nSPS) is 16.1. The summed E-state index contributed by atoms with van der Waals surface area (Å²) in [6.45, 7) is 3.91. The van der Waals surface area contributed by atoms with Crippen LogP contribution in [0.5, 0.6) is 0 Å². The Balaban J connectivity index is 2.09. The molecule has 0 heterocycles. The van der Waals surface area contributed by atoms with Gasteiger partial charge in [-0.15, -0.1) is 0 Å². The molecule has 20 heavy (non-hydrogen) atoms. The van der Waals surface area contributed by atoms with Crippen molar-refractivity contribution in [3.63, 3.8) is 0 Å². The molecule has 4 nitrogen and oxygen atoms in total. The summed E-state index contributed by atoms with van der Waals surface area (Å²) in [6, 6.07) is 4.85. The zero-order chi connectivity index (χ0) is 14.6. The van der Waals surface area contributed by atoms with Gasteiger partial charge in [-0.05, 0) is 49.1 Å². The van der Waals surface area contributed by atoms with Gasteiger partial charge in [0.15, 0.2) is 0 Å². The van der Waals surface area contributed by atoms with Crippen molar-refractivity contribution in [3.8, 4) is 0 Å². The first kappa shape index (κ1) is 15.8. The van der Waals surface area contributed by atoms with Crippen molar-refractivity contribution in [1.29, 1.82) is 0 Å². The van der Waals surface area contributed by atoms with E-state index in [0.29, 0.717) is 24.0 Å². The van der Waals surface area contributed by atoms with Crippen LogP contribution in [-0.4, -0.2) is 21.5 Å². The molecule has 0 bridgehead atoms. The van der Waals surface area contributed by atoms with Gasteiger partial charge >= 0.3 is 0 Å². The molecule has 1 aromatic carbocycles. The quantitative estimate of drug-likeness (QED) is 0.812. The van der Waals surface area contributed by atoms with Crippen molar-refractivity contribution in [2.24, 2.45) is 5.92 Å². The summed E-state index contributed by atoms with van der Waals surface area (Å²) in [5, 5.41) is 3.74. The van der Waals surface area contributed by atoms with Crippen molar-refractivity contribution >= 4 is 21.6 Å². The fraction of sp³-hybridized carbons (Fsp3) is 0.571. The molecule has 6 heteroatoms. The second-order valence-corrected chi connectivity index (χ2v) is 7.36. The van der Waals surface area contributed by atoms with Gasteiger partial charge in [-0.2, -0.15) is 0 Å². The monoisotopic (exact) mass is 316 g/mol. The molecule has 0 spiro atoms. The molecule has 0 unspecified atom stereocenters. The van der Waals surface area contributed by atoms with Crippen LogP contribution in [0.1, 0.15) is 31.7 Å². The molecule has 0 aliphatic heterocycles. The van der Waals surface area contributed by atoms with Gasteiger partial charge in [0.2, 0.25) is 10.0 Å². The lowest BCUT2D eigenvalue weighted by Gasteiger charge is -2.25. The number of benzene rings is 1. The van der Waals surface area contributed by atoms with Crippen LogP contribution in [0.4, 0.5) is 0 Å². The summed E-state index contributed by atoms with van der Waals surface area (Å²) in [5.74, 6) is 0.498. The summed E-state index contributed by atoms with van der Waals surface area (Å²) in [6.07, 6.45) is 3.45. The predicted octanol–water partition coefficient (Wildman–Crippen LogP) is 2.53. The van der Waals surface area contributed by atoms with Crippen LogP contribution in [-0.2, 0) is 16.6 Å². The second kappa shape index (κ2) is 6.89. The minimum atomic E-state index is -3.43. The van der Waals surface area contributed by atoms with Crippen LogP contribution >= 0.6 is 11.6 Å². The number of nitrogens with one attached hydrogen (secondary N) is 2. The number of rotatable bonds is 7. The largest absolute Gasteiger partial charge is 0.313 e. The van der Waals surface area contributed by atoms with Gasteiger partial charge in [0.05, 0.1) is 4.90 Å². The lowest BCUT2D eigenvalue weighted by molar-refractivity contribution is 0.316. The molecular weight excluding hydrogens is 296 g/mol. The van der Waals surface area contributed by atoms with Gasteiger partial charge in [-0.1, -0.05) is 24.9 Å². The van der Waals surface area contributed by atoms with Crippen LogP contribution in [0.15, 0.2) is 23.1 Å². The molecule has 0 amide bonds. The van der Waals surface area contributed by atoms with Crippen LogP contribution in [0.25, 0.3) is 0 Å². The first-order valence-corrected chi connectivity index (χ1v) is 8.88. The van der Waals surface area contributed by atoms with Crippen molar-refractivity contribution in [2.75, 3.05) is 13.1 Å². The van der Waals surface area contributed by atoms with E-state index in [2.05, 4.69) is 10.0 Å². The zero-order valence-electron chi connectivity index (χ0n) is 11.7. The average Bonchev–Trinajstić information content (AvgIpc) is 2.35. The third-order valence-electron chi connectivity index (χ3n) is 3.68. The topological polar surface area (TPSA) is 58.2 Å². The van der Waals surface area contributed by atoms with E-state index in [1.54, 1.807) is 18.2 Å². The highest BCUT2D eigenvalue weighted by molar-refractivity contribution is 7.89. The number of hydrogen-bond acceptors (Lipinski definition) is 3. The molecule has 2 rings (SSSR count). The Bertz CT molecular complexity index is 556. The van der Waals surface area contributed by atoms with Crippen molar-refractivity contribution < 1.29 is 8.42 Å². The van der Waals surface area contributed by atoms with Crippen molar-refractivity contribution in [1.82, 2.24) is 10.0 Å². The molecule has 1 fully saturated rings. The molecule has 0 saturated heterocycles. The minimum Gasteiger partial charge on any atom is -0.313 e. The maximum absolute atomic E-state index is 12.2. The zero-order valence-corrected chi connectivity index (χ0v) is 13.2. The highest BCUT2D eigenvalue weighted by atomic mass is 35.5. The summed E-state index contributed by atoms with van der Waals surface area (Å²) in [4.78, 5) is 0.286. The van der Waals surface area contributed by atoms with E-state index < -0.39 is 10.0 Å². The molecule has 1 aromatic rings. The van der Waals surface area contributed by atoms with Gasteiger partial charge in [0.25, 0.3) is 0 Å². The average molecular weight is 317 g/mol. The summed E-state index contributed by atoms with van der Waals surface area (Å²) >= 11 is 6.09. The van der Waals surface area contributed by atoms with Gasteiger partial charge in [-0.25, -0.2) is 13.1 Å². The number of sulfonamides is 1. The maximum atomic E-state index is 12.2. The standard InChI is InChI=1S/C14H21ClN2O2S/c1-2-16-10-12-8-13(6-7-14(12)15)20(18,19)17-9-11-4-3-5-11/h6-8,11,16-17H,2-5,9-10H2,1H3. The van der Waals surface area contributed by atoms with Gasteiger partial charge in [0, 0.05) is 18.1 Å². The molecule has 0 radical (unpaired) electrons. The van der Waals surface area contributed by atoms with E-state index in [9.17, 15) is 8.42 Å². The number of hydrogen-bond donors (Lipinski definition) is 2. The lowest BCUT2D eigenvalue weighted by atomic mass is 9.86. The minimum absolute atomic E-state index is 0.286. The van der Waals surface area contributed by atoms with Gasteiger partial charge in [-0.3, -0.25) is 0 Å². The first-order valence-electron chi connectivity index (χ1n) is 7.01. The summed E-state index contributed by atoms with van der Waals surface area (Å²) in [7, 11) is -3.43. The summed E-state index contributed by atoms with van der Waals surface area (Å²) < 4.78 is 27.2. The molecule has 0 aromatic heterocycles. The Morgan fingerprint density at radius 1 is 1.35 bits per heavy atom. The molecule has 1 aliphatic carbocycles. The van der Waals surface area contributed by atoms with Crippen LogP contribution < -0.4 is 10.0 Å². The van der Waals surface area contributed by atoms with E-state index >= 15 is 0 Å². The van der Waals surface area contributed by atoms with E-state index in [1.807, 2.05) is 6.92 Å². The van der Waals surface area contributed by atoms with Crippen LogP contribution in [0.3, 0.4) is 0 Å². The summed E-state index contributed by atoms with van der Waals surface area (Å²) in [5.41, 5.74) is 0.806. The fourth-order valence-electron chi connectivity index (χ4n) is 2.12. The molecule has 1 saturated carbocycles. The maximum Gasteiger partial charge on any atom is 0.240 e. The van der Waals surface area contributed by atoms with E-state index in [0.717, 1.165) is 24.9 Å².